The summed E-state index contributed by atoms with van der Waals surface area (Å²) in [5, 5.41) is 0. The van der Waals surface area contributed by atoms with Crippen molar-refractivity contribution in [3.05, 3.63) is 47.5 Å². The summed E-state index contributed by atoms with van der Waals surface area (Å²) >= 11 is 0. The van der Waals surface area contributed by atoms with Crippen LogP contribution in [0.4, 0.5) is 13.2 Å². The summed E-state index contributed by atoms with van der Waals surface area (Å²) < 4.78 is 37.0. The molecule has 0 spiro atoms. The van der Waals surface area contributed by atoms with Crippen molar-refractivity contribution in [1.29, 1.82) is 0 Å². The van der Waals surface area contributed by atoms with Gasteiger partial charge in [0.1, 0.15) is 0 Å². The fourth-order valence-electron chi connectivity index (χ4n) is 3.13. The highest BCUT2D eigenvalue weighted by molar-refractivity contribution is 5.39. The van der Waals surface area contributed by atoms with E-state index in [4.69, 9.17) is 0 Å². The van der Waals surface area contributed by atoms with Gasteiger partial charge in [-0.15, -0.1) is 0 Å². The van der Waals surface area contributed by atoms with Crippen LogP contribution in [0, 0.1) is 5.92 Å². The summed E-state index contributed by atoms with van der Waals surface area (Å²) in [5.74, 6) is 0.659. The van der Waals surface area contributed by atoms with E-state index >= 15 is 0 Å². The maximum Gasteiger partial charge on any atom is 0.393 e. The van der Waals surface area contributed by atoms with Gasteiger partial charge < -0.3 is 0 Å². The Balaban J connectivity index is 2.20. The van der Waals surface area contributed by atoms with Crippen LogP contribution >= 0.6 is 0 Å². The predicted octanol–water partition coefficient (Wildman–Crippen LogP) is 5.04. The third kappa shape index (κ3) is 2.85. The quantitative estimate of drug-likeness (QED) is 0.674. The van der Waals surface area contributed by atoms with Crippen LogP contribution in [0.15, 0.2) is 36.4 Å². The second-order valence-corrected chi connectivity index (χ2v) is 5.86. The van der Waals surface area contributed by atoms with E-state index in [1.165, 1.54) is 0 Å². The van der Waals surface area contributed by atoms with Crippen LogP contribution in [0.3, 0.4) is 0 Å². The summed E-state index contributed by atoms with van der Waals surface area (Å²) in [6.45, 7) is 8.27. The van der Waals surface area contributed by atoms with Gasteiger partial charge >= 0.3 is 6.18 Å². The van der Waals surface area contributed by atoms with E-state index in [1.54, 1.807) is 12.1 Å². The molecule has 104 valence electrons. The molecule has 19 heavy (non-hydrogen) atoms. The van der Waals surface area contributed by atoms with Gasteiger partial charge in [-0.3, -0.25) is 0 Å². The zero-order valence-electron chi connectivity index (χ0n) is 11.3. The first-order valence-electron chi connectivity index (χ1n) is 6.55. The Bertz CT molecular complexity index is 462. The average molecular weight is 268 g/mol. The number of hydrogen-bond donors (Lipinski definition) is 0. The number of alkyl halides is 3. The van der Waals surface area contributed by atoms with E-state index in [1.807, 2.05) is 19.1 Å². The molecule has 0 aliphatic heterocycles. The fourth-order valence-corrected chi connectivity index (χ4v) is 3.13. The predicted molar refractivity (Wildman–Crippen MR) is 71.1 cm³/mol. The molecule has 0 N–H and O–H groups in total. The molecule has 1 aliphatic rings. The Morgan fingerprint density at radius 2 is 1.79 bits per heavy atom. The zero-order valence-corrected chi connectivity index (χ0v) is 11.3. The molecule has 2 rings (SSSR count). The van der Waals surface area contributed by atoms with Crippen molar-refractivity contribution in [1.82, 2.24) is 0 Å². The van der Waals surface area contributed by atoms with E-state index in [9.17, 15) is 13.2 Å². The standard InChI is InChI=1S/C16H19F3/c1-11(2)15(8-12(3)9-15)14-6-4-13(5-7-14)10-16(17,18)19/h4-7,12H,1,8-10H2,2-3H3. The molecule has 3 heteroatoms. The maximum absolute atomic E-state index is 12.3. The Hall–Kier alpha value is -1.25. The molecule has 0 atom stereocenters. The second-order valence-electron chi connectivity index (χ2n) is 5.86. The Morgan fingerprint density at radius 1 is 1.26 bits per heavy atom. The van der Waals surface area contributed by atoms with Crippen LogP contribution in [0.25, 0.3) is 0 Å². The largest absolute Gasteiger partial charge is 0.393 e. The van der Waals surface area contributed by atoms with Gasteiger partial charge in [-0.05, 0) is 36.8 Å². The van der Waals surface area contributed by atoms with Gasteiger partial charge in [-0.25, -0.2) is 0 Å². The third-order valence-electron chi connectivity index (χ3n) is 4.12. The lowest BCUT2D eigenvalue weighted by atomic mass is 9.56. The van der Waals surface area contributed by atoms with Gasteiger partial charge in [0.05, 0.1) is 6.42 Å². The maximum atomic E-state index is 12.3. The molecule has 0 bridgehead atoms. The minimum atomic E-state index is -4.14. The highest BCUT2D eigenvalue weighted by Crippen LogP contribution is 2.51. The number of halogens is 3. The van der Waals surface area contributed by atoms with Crippen LogP contribution < -0.4 is 0 Å². The van der Waals surface area contributed by atoms with Crippen LogP contribution in [0.2, 0.25) is 0 Å². The number of benzene rings is 1. The lowest BCUT2D eigenvalue weighted by Crippen LogP contribution is -2.40. The molecule has 0 radical (unpaired) electrons. The van der Waals surface area contributed by atoms with Crippen LogP contribution in [0.5, 0.6) is 0 Å². The van der Waals surface area contributed by atoms with Gasteiger partial charge in [-0.1, -0.05) is 43.3 Å². The summed E-state index contributed by atoms with van der Waals surface area (Å²) in [7, 11) is 0. The second kappa shape index (κ2) is 4.69. The number of rotatable bonds is 3. The van der Waals surface area contributed by atoms with Gasteiger partial charge in [0.2, 0.25) is 0 Å². The van der Waals surface area contributed by atoms with Gasteiger partial charge in [0, 0.05) is 5.41 Å². The van der Waals surface area contributed by atoms with Crippen LogP contribution in [-0.2, 0) is 11.8 Å². The molecule has 1 aromatic rings. The zero-order chi connectivity index (χ0) is 14.3. The lowest BCUT2D eigenvalue weighted by Gasteiger charge is -2.48. The van der Waals surface area contributed by atoms with Crippen LogP contribution in [0.1, 0.15) is 37.8 Å². The molecular formula is C16H19F3. The lowest BCUT2D eigenvalue weighted by molar-refractivity contribution is -0.127. The first kappa shape index (κ1) is 14.2. The van der Waals surface area contributed by atoms with Crippen molar-refractivity contribution in [2.75, 3.05) is 0 Å². The highest BCUT2D eigenvalue weighted by atomic mass is 19.4. The minimum absolute atomic E-state index is 0.0177. The first-order valence-corrected chi connectivity index (χ1v) is 6.55. The van der Waals surface area contributed by atoms with Crippen molar-refractivity contribution in [3.8, 4) is 0 Å². The van der Waals surface area contributed by atoms with E-state index in [2.05, 4.69) is 13.5 Å². The molecule has 0 saturated heterocycles. The van der Waals surface area contributed by atoms with Crippen molar-refractivity contribution >= 4 is 0 Å². The van der Waals surface area contributed by atoms with E-state index in [0.717, 1.165) is 24.0 Å². The van der Waals surface area contributed by atoms with Gasteiger partial charge in [-0.2, -0.15) is 13.2 Å². The SMILES string of the molecule is C=C(C)C1(c2ccc(CC(F)(F)F)cc2)CC(C)C1. The van der Waals surface area contributed by atoms with Crippen molar-refractivity contribution in [3.63, 3.8) is 0 Å². The number of hydrogen-bond acceptors (Lipinski definition) is 0. The number of allylic oxidation sites excluding steroid dienone is 1. The van der Waals surface area contributed by atoms with Crippen molar-refractivity contribution in [2.24, 2.45) is 5.92 Å². The molecule has 0 unspecified atom stereocenters. The van der Waals surface area contributed by atoms with Crippen molar-refractivity contribution < 1.29 is 13.2 Å². The van der Waals surface area contributed by atoms with E-state index < -0.39 is 12.6 Å². The van der Waals surface area contributed by atoms with Crippen molar-refractivity contribution in [2.45, 2.75) is 44.7 Å². The minimum Gasteiger partial charge on any atom is -0.171 e. The third-order valence-corrected chi connectivity index (χ3v) is 4.12. The Morgan fingerprint density at radius 3 is 2.16 bits per heavy atom. The Kier molecular flexibility index (Phi) is 3.50. The topological polar surface area (TPSA) is 0 Å². The summed E-state index contributed by atoms with van der Waals surface area (Å²) in [6, 6.07) is 6.86. The summed E-state index contributed by atoms with van der Waals surface area (Å²) in [4.78, 5) is 0. The molecule has 0 nitrogen and oxygen atoms in total. The molecule has 1 saturated carbocycles. The fraction of sp³-hybridized carbons (Fsp3) is 0.500. The first-order chi connectivity index (χ1) is 8.73. The van der Waals surface area contributed by atoms with E-state index in [0.29, 0.717) is 11.5 Å². The van der Waals surface area contributed by atoms with Gasteiger partial charge in [0.15, 0.2) is 0 Å². The molecule has 1 aliphatic carbocycles. The molecular weight excluding hydrogens is 249 g/mol. The normalized spacial score (nSPS) is 26.9. The highest BCUT2D eigenvalue weighted by Gasteiger charge is 2.43. The summed E-state index contributed by atoms with van der Waals surface area (Å²) in [6.07, 6.45) is -2.91. The summed E-state index contributed by atoms with van der Waals surface area (Å²) in [5.41, 5.74) is 2.51. The van der Waals surface area contributed by atoms with Crippen LogP contribution in [-0.4, -0.2) is 6.18 Å². The molecule has 1 aromatic carbocycles. The van der Waals surface area contributed by atoms with E-state index in [-0.39, 0.29) is 5.41 Å². The van der Waals surface area contributed by atoms with Gasteiger partial charge in [0.25, 0.3) is 0 Å². The monoisotopic (exact) mass is 268 g/mol. The molecule has 1 fully saturated rings. The smallest absolute Gasteiger partial charge is 0.171 e. The molecule has 0 heterocycles. The average Bonchev–Trinajstić information content (AvgIpc) is 2.23. The molecule has 0 aromatic heterocycles. The Labute approximate surface area is 112 Å². The molecule has 0 amide bonds.